The van der Waals surface area contributed by atoms with Crippen LogP contribution in [-0.2, 0) is 0 Å². The number of rotatable bonds is 40. The molecule has 63 heavy (non-hydrogen) atoms. The summed E-state index contributed by atoms with van der Waals surface area (Å²) in [7, 11) is 0. The summed E-state index contributed by atoms with van der Waals surface area (Å²) in [6, 6.07) is 21.3. The Bertz CT molecular complexity index is 1580. The zero-order valence-electron chi connectivity index (χ0n) is 40.3. The van der Waals surface area contributed by atoms with Gasteiger partial charge in [0.25, 0.3) is 0 Å². The van der Waals surface area contributed by atoms with E-state index in [1.165, 1.54) is 229 Å². The van der Waals surface area contributed by atoms with Crippen LogP contribution in [0, 0.1) is 15.9 Å². The van der Waals surface area contributed by atoms with Crippen LogP contribution in [0.4, 0.5) is 15.8 Å². The molecule has 0 unspecified atom stereocenters. The number of hydrogen-bond donors (Lipinski definition) is 0. The van der Waals surface area contributed by atoms with Gasteiger partial charge in [-0.05, 0) is 59.4 Å². The molecule has 0 atom stereocenters. The molecule has 0 saturated carbocycles. The zero-order chi connectivity index (χ0) is 44.8. The molecule has 0 radical (unpaired) electrons. The second kappa shape index (κ2) is 36.6. The molecule has 0 spiro atoms. The molecule has 0 heterocycles. The molecular formula is C58H89FN2O2. The van der Waals surface area contributed by atoms with Crippen molar-refractivity contribution in [2.45, 2.75) is 219 Å². The highest BCUT2D eigenvalue weighted by Crippen LogP contribution is 2.23. The number of benzene rings is 3. The first-order chi connectivity index (χ1) is 31.0. The van der Waals surface area contributed by atoms with Crippen molar-refractivity contribution >= 4 is 35.7 Å². The molecule has 0 fully saturated rings. The van der Waals surface area contributed by atoms with Crippen molar-refractivity contribution in [3.05, 3.63) is 105 Å². The maximum atomic E-state index is 14.0. The van der Waals surface area contributed by atoms with Crippen LogP contribution >= 0.6 is 0 Å². The normalized spacial score (nSPS) is 11.7. The van der Waals surface area contributed by atoms with Gasteiger partial charge in [0, 0.05) is 24.8 Å². The quantitative estimate of drug-likeness (QED) is 0.0248. The molecule has 0 aromatic heterocycles. The third kappa shape index (κ3) is 26.6. The average molecular weight is 865 g/mol. The van der Waals surface area contributed by atoms with Gasteiger partial charge in [0.15, 0.2) is 0 Å². The van der Waals surface area contributed by atoms with Crippen molar-refractivity contribution < 1.29 is 9.31 Å². The van der Waals surface area contributed by atoms with Gasteiger partial charge in [-0.2, -0.15) is 4.39 Å². The first-order valence-electron chi connectivity index (χ1n) is 26.3. The van der Waals surface area contributed by atoms with Gasteiger partial charge < -0.3 is 4.90 Å². The second-order valence-corrected chi connectivity index (χ2v) is 18.5. The van der Waals surface area contributed by atoms with Gasteiger partial charge in [-0.15, -0.1) is 0 Å². The first kappa shape index (κ1) is 53.6. The van der Waals surface area contributed by atoms with E-state index in [0.29, 0.717) is 5.56 Å². The Labute approximate surface area is 385 Å². The molecule has 0 aliphatic heterocycles. The predicted octanol–water partition coefficient (Wildman–Crippen LogP) is 19.4. The highest BCUT2D eigenvalue weighted by molar-refractivity contribution is 5.73. The molecule has 0 bridgehead atoms. The summed E-state index contributed by atoms with van der Waals surface area (Å²) in [5, 5.41) is 10.9. The van der Waals surface area contributed by atoms with Crippen LogP contribution in [-0.4, -0.2) is 18.0 Å². The van der Waals surface area contributed by atoms with Crippen LogP contribution in [0.15, 0.2) is 66.7 Å². The third-order valence-corrected chi connectivity index (χ3v) is 12.9. The number of nitro groups is 1. The van der Waals surface area contributed by atoms with E-state index in [-0.39, 0.29) is 0 Å². The maximum absolute atomic E-state index is 14.0. The molecule has 0 aliphatic carbocycles. The molecule has 5 heteroatoms. The van der Waals surface area contributed by atoms with Crippen molar-refractivity contribution in [1.82, 2.24) is 0 Å². The van der Waals surface area contributed by atoms with Gasteiger partial charge >= 0.3 is 5.69 Å². The third-order valence-electron chi connectivity index (χ3n) is 12.9. The SMILES string of the molecule is CCCCCCCCCCCCCCCCCCN(CCCCCCCCCCCCCCCCCC)c1ccc(/C=C/c2ccc(/C=C/c3ccc([N+](=O)[O-])c(F)c3)cc2)cc1. The molecule has 350 valence electrons. The monoisotopic (exact) mass is 865 g/mol. The van der Waals surface area contributed by atoms with Crippen molar-refractivity contribution in [1.29, 1.82) is 0 Å². The minimum absolute atomic E-state index is 0.508. The molecule has 0 N–H and O–H groups in total. The molecule has 0 saturated heterocycles. The van der Waals surface area contributed by atoms with Crippen LogP contribution in [0.2, 0.25) is 0 Å². The van der Waals surface area contributed by atoms with Crippen molar-refractivity contribution in [2.75, 3.05) is 18.0 Å². The first-order valence-corrected chi connectivity index (χ1v) is 26.3. The smallest absolute Gasteiger partial charge is 0.304 e. The molecule has 4 nitrogen and oxygen atoms in total. The molecular weight excluding hydrogens is 776 g/mol. The summed E-state index contributed by atoms with van der Waals surface area (Å²) in [5.74, 6) is -0.825. The summed E-state index contributed by atoms with van der Waals surface area (Å²) in [6.45, 7) is 6.89. The molecule has 3 rings (SSSR count). The van der Waals surface area contributed by atoms with E-state index in [1.807, 2.05) is 18.2 Å². The fraction of sp³-hybridized carbons (Fsp3) is 0.621. The second-order valence-electron chi connectivity index (χ2n) is 18.5. The van der Waals surface area contributed by atoms with E-state index >= 15 is 0 Å². The van der Waals surface area contributed by atoms with Gasteiger partial charge in [0.05, 0.1) is 4.92 Å². The summed E-state index contributed by atoms with van der Waals surface area (Å²) in [6.07, 6.45) is 52.9. The molecule has 0 amide bonds. The minimum atomic E-state index is -0.825. The highest BCUT2D eigenvalue weighted by Gasteiger charge is 2.13. The van der Waals surface area contributed by atoms with Crippen molar-refractivity contribution in [3.8, 4) is 0 Å². The van der Waals surface area contributed by atoms with Crippen LogP contribution < -0.4 is 4.90 Å². The number of anilines is 1. The summed E-state index contributed by atoms with van der Waals surface area (Å²) in [5.41, 5.74) is 4.69. The summed E-state index contributed by atoms with van der Waals surface area (Å²) >= 11 is 0. The Morgan fingerprint density at radius 3 is 0.984 bits per heavy atom. The topological polar surface area (TPSA) is 46.4 Å². The van der Waals surface area contributed by atoms with Crippen LogP contribution in [0.5, 0.6) is 0 Å². The number of nitro benzene ring substituents is 1. The lowest BCUT2D eigenvalue weighted by Crippen LogP contribution is -2.25. The van der Waals surface area contributed by atoms with E-state index < -0.39 is 16.4 Å². The van der Waals surface area contributed by atoms with Crippen LogP contribution in [0.3, 0.4) is 0 Å². The number of hydrogen-bond acceptors (Lipinski definition) is 3. The van der Waals surface area contributed by atoms with Gasteiger partial charge in [-0.25, -0.2) is 0 Å². The Morgan fingerprint density at radius 2 is 0.683 bits per heavy atom. The Hall–Kier alpha value is -3.73. The Kier molecular flexibility index (Phi) is 31.1. The lowest BCUT2D eigenvalue weighted by Gasteiger charge is -2.25. The minimum Gasteiger partial charge on any atom is -0.372 e. The van der Waals surface area contributed by atoms with E-state index in [4.69, 9.17) is 0 Å². The lowest BCUT2D eigenvalue weighted by atomic mass is 10.0. The van der Waals surface area contributed by atoms with E-state index in [1.54, 1.807) is 12.1 Å². The van der Waals surface area contributed by atoms with E-state index in [2.05, 4.69) is 67.3 Å². The molecule has 3 aromatic rings. The maximum Gasteiger partial charge on any atom is 0.304 e. The van der Waals surface area contributed by atoms with Crippen molar-refractivity contribution in [3.63, 3.8) is 0 Å². The van der Waals surface area contributed by atoms with Crippen LogP contribution in [0.25, 0.3) is 24.3 Å². The fourth-order valence-electron chi connectivity index (χ4n) is 8.75. The molecule has 3 aromatic carbocycles. The van der Waals surface area contributed by atoms with Gasteiger partial charge in [-0.1, -0.05) is 267 Å². The standard InChI is InChI=1S/C58H89FN2O2/c1-3-5-7-9-11-13-15-17-19-21-23-25-27-29-31-33-49-60(50-34-32-30-28-26-24-22-20-18-16-14-12-10-8-6-4-2)56-46-43-54(44-47-56)40-39-52-35-37-53(38-36-52)41-42-55-45-48-58(61(62)63)57(59)51-55/h35-48,51H,3-34,49-50H2,1-2H3/b40-39+,42-41+. The van der Waals surface area contributed by atoms with Gasteiger partial charge in [0.2, 0.25) is 5.82 Å². The van der Waals surface area contributed by atoms with Crippen LogP contribution in [0.1, 0.15) is 242 Å². The van der Waals surface area contributed by atoms with E-state index in [0.717, 1.165) is 24.2 Å². The highest BCUT2D eigenvalue weighted by atomic mass is 19.1. The summed E-state index contributed by atoms with van der Waals surface area (Å²) < 4.78 is 14.0. The molecule has 0 aliphatic rings. The number of nitrogens with zero attached hydrogens (tertiary/aromatic N) is 2. The fourth-order valence-corrected chi connectivity index (χ4v) is 8.75. The number of halogens is 1. The number of unbranched alkanes of at least 4 members (excludes halogenated alkanes) is 30. The Balaban J connectivity index is 1.38. The summed E-state index contributed by atoms with van der Waals surface area (Å²) in [4.78, 5) is 12.9. The van der Waals surface area contributed by atoms with E-state index in [9.17, 15) is 14.5 Å². The van der Waals surface area contributed by atoms with Crippen molar-refractivity contribution in [2.24, 2.45) is 0 Å². The predicted molar refractivity (Wildman–Crippen MR) is 275 cm³/mol. The zero-order valence-corrected chi connectivity index (χ0v) is 40.3. The average Bonchev–Trinajstić information content (AvgIpc) is 3.29. The largest absolute Gasteiger partial charge is 0.372 e. The van der Waals surface area contributed by atoms with Gasteiger partial charge in [-0.3, -0.25) is 10.1 Å². The Morgan fingerprint density at radius 1 is 0.413 bits per heavy atom. The van der Waals surface area contributed by atoms with Gasteiger partial charge in [0.1, 0.15) is 0 Å². The lowest BCUT2D eigenvalue weighted by molar-refractivity contribution is -0.387.